The highest BCUT2D eigenvalue weighted by Crippen LogP contribution is 2.63. The van der Waals surface area contributed by atoms with E-state index in [1.807, 2.05) is 13.0 Å². The maximum Gasteiger partial charge on any atom is 0.353 e. The van der Waals surface area contributed by atoms with E-state index in [4.69, 9.17) is 24.1 Å². The van der Waals surface area contributed by atoms with E-state index in [9.17, 15) is 29.4 Å². The summed E-state index contributed by atoms with van der Waals surface area (Å²) in [6.45, 7) is 3.08. The predicted molar refractivity (Wildman–Crippen MR) is 152 cm³/mol. The minimum absolute atomic E-state index is 0.0751. The largest absolute Gasteiger partial charge is 0.504 e. The molecule has 0 saturated carbocycles. The van der Waals surface area contributed by atoms with Crippen molar-refractivity contribution in [3.8, 4) is 11.5 Å². The molecule has 0 spiro atoms. The van der Waals surface area contributed by atoms with Crippen LogP contribution in [0.2, 0.25) is 0 Å². The highest BCUT2D eigenvalue weighted by Gasteiger charge is 2.69. The van der Waals surface area contributed by atoms with Gasteiger partial charge in [0.1, 0.15) is 5.76 Å². The van der Waals surface area contributed by atoms with E-state index in [-0.39, 0.29) is 35.3 Å². The summed E-state index contributed by atoms with van der Waals surface area (Å²) >= 11 is 0. The lowest BCUT2D eigenvalue weighted by Gasteiger charge is -2.55. The van der Waals surface area contributed by atoms with Gasteiger partial charge in [-0.2, -0.15) is 0 Å². The Balaban J connectivity index is 1.30. The molecule has 4 N–H and O–H groups in total. The van der Waals surface area contributed by atoms with Crippen LogP contribution >= 0.6 is 0 Å². The van der Waals surface area contributed by atoms with E-state index < -0.39 is 66.0 Å². The molecular weight excluding hydrogens is 574 g/mol. The molecule has 5 rings (SSSR count). The number of carbonyl (C=O) groups is 4. The van der Waals surface area contributed by atoms with Crippen LogP contribution in [0.1, 0.15) is 62.3 Å². The van der Waals surface area contributed by atoms with Gasteiger partial charge in [0.2, 0.25) is 6.10 Å². The average Bonchev–Trinajstić information content (AvgIpc) is 3.39. The van der Waals surface area contributed by atoms with Crippen LogP contribution in [0.3, 0.4) is 0 Å². The van der Waals surface area contributed by atoms with Crippen molar-refractivity contribution in [2.24, 2.45) is 0 Å². The number of likely N-dealkylation sites (N-methyl/N-ethyl adjacent to an activating group) is 1. The van der Waals surface area contributed by atoms with Crippen LogP contribution in [0.25, 0.3) is 0 Å². The second-order valence-corrected chi connectivity index (χ2v) is 11.2. The summed E-state index contributed by atoms with van der Waals surface area (Å²) in [5.74, 6) is -3.76. The third-order valence-corrected chi connectivity index (χ3v) is 8.88. The summed E-state index contributed by atoms with van der Waals surface area (Å²) in [6.07, 6.45) is -2.06. The topological polar surface area (TPSA) is 178 Å². The maximum atomic E-state index is 13.0. The van der Waals surface area contributed by atoms with Gasteiger partial charge in [0.15, 0.2) is 23.7 Å². The van der Waals surface area contributed by atoms with Gasteiger partial charge in [0.25, 0.3) is 0 Å². The first kappa shape index (κ1) is 31.0. The standard InChI is InChI=1S/C32H35NO11/c1-4-31-25-19-10-11-20(34)27(25)44-28(31)21(14-15-32(31,40)22(16-19)33-3)42-23(35)12-13-24(36)43-26(18-8-6-5-7-9-18)30(39)41-17(2)29(37)38/h5-11,14,17,22,26,28,33-34,40H,4,12-13,15-16H2,1-3H3,(H,37,38)/t17-,22+,26-,28-,31-,32+/m0/s1. The fraction of sp³-hybridized carbons (Fsp3) is 0.438. The Bertz CT molecular complexity index is 1510. The van der Waals surface area contributed by atoms with Crippen molar-refractivity contribution in [3.63, 3.8) is 0 Å². The Morgan fingerprint density at radius 1 is 1.07 bits per heavy atom. The van der Waals surface area contributed by atoms with Gasteiger partial charge in [0.05, 0.1) is 23.9 Å². The first-order chi connectivity index (χ1) is 21.0. The number of phenols is 1. The molecule has 0 fully saturated rings. The summed E-state index contributed by atoms with van der Waals surface area (Å²) < 4.78 is 22.2. The SMILES string of the molecule is CC[C@]12c3c4ccc(O)c3O[C@H]1C(OC(=O)CCC(=O)O[C@H](C(=O)O[C@@H](C)C(=O)O)c1ccccc1)=CC[C@@]2(O)[C@H](NC)C4. The quantitative estimate of drug-likeness (QED) is 0.217. The molecule has 12 nitrogen and oxygen atoms in total. The Hall–Kier alpha value is -4.42. The molecule has 2 aromatic carbocycles. The summed E-state index contributed by atoms with van der Waals surface area (Å²) in [5.41, 5.74) is -0.414. The van der Waals surface area contributed by atoms with Gasteiger partial charge in [0, 0.05) is 23.6 Å². The number of hydrogen-bond donors (Lipinski definition) is 4. The van der Waals surface area contributed by atoms with E-state index >= 15 is 0 Å². The average molecular weight is 610 g/mol. The zero-order valence-corrected chi connectivity index (χ0v) is 24.6. The van der Waals surface area contributed by atoms with Gasteiger partial charge in [-0.25, -0.2) is 9.59 Å². The van der Waals surface area contributed by atoms with Crippen LogP contribution in [-0.4, -0.2) is 70.1 Å². The smallest absolute Gasteiger partial charge is 0.353 e. The molecule has 1 aliphatic heterocycles. The number of carboxylic acids is 1. The van der Waals surface area contributed by atoms with Gasteiger partial charge in [-0.05, 0) is 44.5 Å². The fourth-order valence-corrected chi connectivity index (χ4v) is 6.72. The van der Waals surface area contributed by atoms with E-state index in [1.54, 1.807) is 37.4 Å². The third kappa shape index (κ3) is 5.07. The maximum absolute atomic E-state index is 13.0. The van der Waals surface area contributed by atoms with Crippen molar-refractivity contribution >= 4 is 23.9 Å². The van der Waals surface area contributed by atoms with E-state index in [2.05, 4.69) is 5.32 Å². The van der Waals surface area contributed by atoms with Crippen LogP contribution in [0.15, 0.2) is 54.3 Å². The molecule has 1 heterocycles. The lowest BCUT2D eigenvalue weighted by Crippen LogP contribution is -2.70. The molecule has 6 atom stereocenters. The fourth-order valence-electron chi connectivity index (χ4n) is 6.72. The molecule has 2 aromatic rings. The predicted octanol–water partition coefficient (Wildman–Crippen LogP) is 2.59. The Kier molecular flexibility index (Phi) is 8.41. The van der Waals surface area contributed by atoms with Crippen molar-refractivity contribution < 1.29 is 53.4 Å². The van der Waals surface area contributed by atoms with Crippen molar-refractivity contribution in [2.45, 2.75) is 81.3 Å². The number of aliphatic hydroxyl groups is 1. The zero-order valence-electron chi connectivity index (χ0n) is 24.6. The first-order valence-corrected chi connectivity index (χ1v) is 14.5. The Morgan fingerprint density at radius 2 is 1.77 bits per heavy atom. The molecule has 44 heavy (non-hydrogen) atoms. The minimum atomic E-state index is -1.54. The monoisotopic (exact) mass is 609 g/mol. The zero-order chi connectivity index (χ0) is 31.8. The van der Waals surface area contributed by atoms with Crippen LogP contribution in [0.5, 0.6) is 11.5 Å². The minimum Gasteiger partial charge on any atom is -0.504 e. The van der Waals surface area contributed by atoms with Crippen molar-refractivity contribution in [1.29, 1.82) is 0 Å². The third-order valence-electron chi connectivity index (χ3n) is 8.88. The van der Waals surface area contributed by atoms with Gasteiger partial charge in [-0.3, -0.25) is 9.59 Å². The summed E-state index contributed by atoms with van der Waals surface area (Å²) in [6, 6.07) is 11.0. The number of aliphatic carboxylic acids is 1. The Morgan fingerprint density at radius 3 is 2.43 bits per heavy atom. The van der Waals surface area contributed by atoms with E-state index in [1.165, 1.54) is 19.1 Å². The number of ether oxygens (including phenoxy) is 4. The van der Waals surface area contributed by atoms with E-state index in [0.29, 0.717) is 18.4 Å². The number of aromatic hydroxyl groups is 1. The second-order valence-electron chi connectivity index (χ2n) is 11.2. The number of benzene rings is 2. The molecule has 2 aliphatic carbocycles. The van der Waals surface area contributed by atoms with Gasteiger partial charge in [-0.1, -0.05) is 43.3 Å². The molecule has 0 saturated heterocycles. The molecule has 0 amide bonds. The number of rotatable bonds is 11. The van der Waals surface area contributed by atoms with Crippen LogP contribution in [-0.2, 0) is 45.2 Å². The number of esters is 3. The van der Waals surface area contributed by atoms with Crippen LogP contribution < -0.4 is 10.1 Å². The number of hydrogen-bond acceptors (Lipinski definition) is 11. The molecule has 0 bridgehead atoms. The summed E-state index contributed by atoms with van der Waals surface area (Å²) in [7, 11) is 1.77. The molecular formula is C32H35NO11. The van der Waals surface area contributed by atoms with Gasteiger partial charge < -0.3 is 39.6 Å². The molecule has 0 radical (unpaired) electrons. The highest BCUT2D eigenvalue weighted by atomic mass is 16.6. The molecule has 3 aliphatic rings. The summed E-state index contributed by atoms with van der Waals surface area (Å²) in [5, 5.41) is 35.1. The van der Waals surface area contributed by atoms with Gasteiger partial charge in [-0.15, -0.1) is 0 Å². The van der Waals surface area contributed by atoms with Gasteiger partial charge >= 0.3 is 23.9 Å². The summed E-state index contributed by atoms with van der Waals surface area (Å²) in [4.78, 5) is 49.6. The highest BCUT2D eigenvalue weighted by molar-refractivity contribution is 5.84. The van der Waals surface area contributed by atoms with Crippen molar-refractivity contribution in [2.75, 3.05) is 7.05 Å². The molecule has 0 aromatic heterocycles. The number of phenolic OH excluding ortho intramolecular Hbond substituents is 1. The van der Waals surface area contributed by atoms with Crippen molar-refractivity contribution in [1.82, 2.24) is 5.32 Å². The first-order valence-electron chi connectivity index (χ1n) is 14.5. The normalized spacial score (nSPS) is 25.9. The molecule has 12 heteroatoms. The molecule has 0 unspecified atom stereocenters. The number of nitrogens with one attached hydrogen (secondary N) is 1. The lowest BCUT2D eigenvalue weighted by molar-refractivity contribution is -0.176. The Labute approximate surface area is 253 Å². The van der Waals surface area contributed by atoms with Crippen molar-refractivity contribution in [3.05, 3.63) is 71.0 Å². The van der Waals surface area contributed by atoms with E-state index in [0.717, 1.165) is 5.56 Å². The lowest BCUT2D eigenvalue weighted by atomic mass is 9.52. The number of carbonyl (C=O) groups excluding carboxylic acids is 3. The second kappa shape index (κ2) is 11.9. The van der Waals surface area contributed by atoms with Crippen LogP contribution in [0, 0.1) is 0 Å². The van der Waals surface area contributed by atoms with Crippen LogP contribution in [0.4, 0.5) is 0 Å². The number of carboxylic acid groups (broad SMARTS) is 1. The molecule has 234 valence electrons.